The zero-order valence-electron chi connectivity index (χ0n) is 15.2. The van der Waals surface area contributed by atoms with E-state index >= 15 is 0 Å². The number of rotatable bonds is 4. The first-order valence-electron chi connectivity index (χ1n) is 8.44. The Bertz CT molecular complexity index is 1170. The quantitative estimate of drug-likeness (QED) is 0.588. The summed E-state index contributed by atoms with van der Waals surface area (Å²) >= 11 is 0. The molecule has 1 N–H and O–H groups in total. The van der Waals surface area contributed by atoms with Gasteiger partial charge in [0.1, 0.15) is 5.82 Å². The first-order chi connectivity index (χ1) is 13.5. The standard InChI is InChI=1S/C19H16FN7O/c1-26(2)18(28)12-5-3-7-14(9-12)22-19-21-11-16-17(23-19)27(25-24-16)15-8-4-6-13(20)10-15/h3-11H,1-2H3,(H,21,22,23). The van der Waals surface area contributed by atoms with E-state index in [0.29, 0.717) is 34.1 Å². The lowest BCUT2D eigenvalue weighted by Gasteiger charge is -2.11. The molecule has 0 radical (unpaired) electrons. The summed E-state index contributed by atoms with van der Waals surface area (Å²) < 4.78 is 15.0. The molecule has 0 aliphatic rings. The third-order valence-corrected chi connectivity index (χ3v) is 4.02. The molecule has 0 saturated heterocycles. The lowest BCUT2D eigenvalue weighted by Crippen LogP contribution is -2.21. The predicted molar refractivity (Wildman–Crippen MR) is 102 cm³/mol. The molecule has 0 aliphatic heterocycles. The summed E-state index contributed by atoms with van der Waals surface area (Å²) in [5, 5.41) is 11.1. The Morgan fingerprint density at radius 3 is 2.75 bits per heavy atom. The summed E-state index contributed by atoms with van der Waals surface area (Å²) in [5.41, 5.74) is 2.63. The summed E-state index contributed by atoms with van der Waals surface area (Å²) in [5.74, 6) is -0.175. The highest BCUT2D eigenvalue weighted by Gasteiger charge is 2.12. The van der Waals surface area contributed by atoms with E-state index in [1.54, 1.807) is 44.4 Å². The Kier molecular flexibility index (Phi) is 4.40. The van der Waals surface area contributed by atoms with Gasteiger partial charge in [0, 0.05) is 25.3 Å². The molecule has 2 heterocycles. The number of carbonyl (C=O) groups is 1. The van der Waals surface area contributed by atoms with E-state index in [1.807, 2.05) is 6.07 Å². The van der Waals surface area contributed by atoms with Crippen LogP contribution < -0.4 is 5.32 Å². The van der Waals surface area contributed by atoms with Crippen molar-refractivity contribution >= 4 is 28.7 Å². The number of benzene rings is 2. The molecule has 140 valence electrons. The van der Waals surface area contributed by atoms with Crippen LogP contribution in [0.2, 0.25) is 0 Å². The Morgan fingerprint density at radius 1 is 1.14 bits per heavy atom. The zero-order chi connectivity index (χ0) is 19.7. The van der Waals surface area contributed by atoms with Gasteiger partial charge in [0.2, 0.25) is 5.95 Å². The molecule has 2 aromatic carbocycles. The molecule has 0 unspecified atom stereocenters. The SMILES string of the molecule is CN(C)C(=O)c1cccc(Nc2ncc3nnn(-c4cccc(F)c4)c3n2)c1. The molecule has 28 heavy (non-hydrogen) atoms. The Hall–Kier alpha value is -3.88. The van der Waals surface area contributed by atoms with Crippen LogP contribution in [0.25, 0.3) is 16.9 Å². The number of halogens is 1. The second-order valence-electron chi connectivity index (χ2n) is 6.29. The van der Waals surface area contributed by atoms with Crippen LogP contribution in [-0.4, -0.2) is 49.9 Å². The van der Waals surface area contributed by atoms with E-state index < -0.39 is 0 Å². The fourth-order valence-electron chi connectivity index (χ4n) is 2.69. The minimum atomic E-state index is -0.379. The minimum Gasteiger partial charge on any atom is -0.345 e. The van der Waals surface area contributed by atoms with Gasteiger partial charge in [-0.05, 0) is 36.4 Å². The minimum absolute atomic E-state index is 0.103. The normalized spacial score (nSPS) is 10.8. The summed E-state index contributed by atoms with van der Waals surface area (Å²) in [6, 6.07) is 13.0. The number of anilines is 2. The predicted octanol–water partition coefficient (Wildman–Crippen LogP) is 2.80. The number of aromatic nitrogens is 5. The lowest BCUT2D eigenvalue weighted by molar-refractivity contribution is 0.0827. The largest absolute Gasteiger partial charge is 0.345 e. The van der Waals surface area contributed by atoms with Gasteiger partial charge in [0.05, 0.1) is 11.9 Å². The summed E-state index contributed by atoms with van der Waals surface area (Å²) in [4.78, 5) is 22.3. The molecule has 0 fully saturated rings. The van der Waals surface area contributed by atoms with Crippen LogP contribution in [-0.2, 0) is 0 Å². The zero-order valence-corrected chi connectivity index (χ0v) is 15.2. The van der Waals surface area contributed by atoms with Crippen molar-refractivity contribution in [1.29, 1.82) is 0 Å². The average molecular weight is 377 g/mol. The third kappa shape index (κ3) is 3.37. The Labute approximate surface area is 159 Å². The number of carbonyl (C=O) groups excluding carboxylic acids is 1. The van der Waals surface area contributed by atoms with Crippen LogP contribution >= 0.6 is 0 Å². The fraction of sp³-hybridized carbons (Fsp3) is 0.105. The lowest BCUT2D eigenvalue weighted by atomic mass is 10.2. The van der Waals surface area contributed by atoms with Crippen LogP contribution in [0.15, 0.2) is 54.7 Å². The van der Waals surface area contributed by atoms with Crippen LogP contribution in [0, 0.1) is 5.82 Å². The van der Waals surface area contributed by atoms with E-state index in [0.717, 1.165) is 0 Å². The fourth-order valence-corrected chi connectivity index (χ4v) is 2.69. The summed E-state index contributed by atoms with van der Waals surface area (Å²) in [7, 11) is 3.39. The number of amides is 1. The summed E-state index contributed by atoms with van der Waals surface area (Å²) in [6.07, 6.45) is 1.53. The second kappa shape index (κ2) is 7.03. The molecule has 0 aliphatic carbocycles. The Morgan fingerprint density at radius 2 is 1.96 bits per heavy atom. The van der Waals surface area contributed by atoms with Gasteiger partial charge in [-0.1, -0.05) is 17.3 Å². The number of hydrogen-bond donors (Lipinski definition) is 1. The maximum absolute atomic E-state index is 13.5. The van der Waals surface area contributed by atoms with Crippen molar-refractivity contribution in [1.82, 2.24) is 29.9 Å². The molecular weight excluding hydrogens is 361 g/mol. The van der Waals surface area contributed by atoms with Gasteiger partial charge in [-0.15, -0.1) is 5.10 Å². The van der Waals surface area contributed by atoms with Gasteiger partial charge in [0.25, 0.3) is 5.91 Å². The van der Waals surface area contributed by atoms with Crippen molar-refractivity contribution in [3.8, 4) is 5.69 Å². The molecular formula is C19H16FN7O. The van der Waals surface area contributed by atoms with Crippen molar-refractivity contribution in [3.05, 3.63) is 66.1 Å². The molecule has 0 spiro atoms. The summed E-state index contributed by atoms with van der Waals surface area (Å²) in [6.45, 7) is 0. The monoisotopic (exact) mass is 377 g/mol. The Balaban J connectivity index is 1.68. The number of hydrogen-bond acceptors (Lipinski definition) is 6. The smallest absolute Gasteiger partial charge is 0.253 e. The number of nitrogens with one attached hydrogen (secondary N) is 1. The van der Waals surface area contributed by atoms with Gasteiger partial charge < -0.3 is 10.2 Å². The third-order valence-electron chi connectivity index (χ3n) is 4.02. The number of fused-ring (bicyclic) bond motifs is 1. The van der Waals surface area contributed by atoms with E-state index in [-0.39, 0.29) is 11.7 Å². The van der Waals surface area contributed by atoms with Gasteiger partial charge in [-0.2, -0.15) is 9.67 Å². The van der Waals surface area contributed by atoms with Crippen molar-refractivity contribution in [3.63, 3.8) is 0 Å². The highest BCUT2D eigenvalue weighted by Crippen LogP contribution is 2.19. The average Bonchev–Trinajstić information content (AvgIpc) is 3.11. The molecule has 4 rings (SSSR count). The topological polar surface area (TPSA) is 88.8 Å². The van der Waals surface area contributed by atoms with Crippen LogP contribution in [0.1, 0.15) is 10.4 Å². The van der Waals surface area contributed by atoms with Gasteiger partial charge in [0.15, 0.2) is 11.2 Å². The van der Waals surface area contributed by atoms with E-state index in [4.69, 9.17) is 0 Å². The van der Waals surface area contributed by atoms with Crippen molar-refractivity contribution < 1.29 is 9.18 Å². The van der Waals surface area contributed by atoms with Crippen LogP contribution in [0.5, 0.6) is 0 Å². The van der Waals surface area contributed by atoms with Crippen molar-refractivity contribution in [2.45, 2.75) is 0 Å². The maximum Gasteiger partial charge on any atom is 0.253 e. The van der Waals surface area contributed by atoms with Crippen molar-refractivity contribution in [2.75, 3.05) is 19.4 Å². The highest BCUT2D eigenvalue weighted by atomic mass is 19.1. The van der Waals surface area contributed by atoms with E-state index in [1.165, 1.54) is 27.9 Å². The molecule has 2 aromatic heterocycles. The molecule has 0 atom stereocenters. The molecule has 8 nitrogen and oxygen atoms in total. The first kappa shape index (κ1) is 17.5. The van der Waals surface area contributed by atoms with Gasteiger partial charge in [-0.3, -0.25) is 4.79 Å². The molecule has 0 saturated carbocycles. The van der Waals surface area contributed by atoms with E-state index in [2.05, 4.69) is 25.6 Å². The van der Waals surface area contributed by atoms with Crippen molar-refractivity contribution in [2.24, 2.45) is 0 Å². The first-order valence-corrected chi connectivity index (χ1v) is 8.44. The van der Waals surface area contributed by atoms with Gasteiger partial charge >= 0.3 is 0 Å². The van der Waals surface area contributed by atoms with Gasteiger partial charge in [-0.25, -0.2) is 9.37 Å². The maximum atomic E-state index is 13.5. The second-order valence-corrected chi connectivity index (χ2v) is 6.29. The van der Waals surface area contributed by atoms with Crippen LogP contribution in [0.4, 0.5) is 16.0 Å². The van der Waals surface area contributed by atoms with E-state index in [9.17, 15) is 9.18 Å². The highest BCUT2D eigenvalue weighted by molar-refractivity contribution is 5.94. The molecule has 4 aromatic rings. The molecule has 1 amide bonds. The molecule has 0 bridgehead atoms. The number of nitrogens with zero attached hydrogens (tertiary/aromatic N) is 6. The molecule has 9 heteroatoms. The van der Waals surface area contributed by atoms with Crippen LogP contribution in [0.3, 0.4) is 0 Å².